The molecule has 0 aliphatic heterocycles. The summed E-state index contributed by atoms with van der Waals surface area (Å²) in [7, 11) is 0. The van der Waals surface area contributed by atoms with Crippen LogP contribution in [0.1, 0.15) is 28.1 Å². The fourth-order valence-corrected chi connectivity index (χ4v) is 5.06. The second-order valence-electron chi connectivity index (χ2n) is 6.84. The van der Waals surface area contributed by atoms with E-state index in [-0.39, 0.29) is 18.5 Å². The molecule has 2 aromatic carbocycles. The summed E-state index contributed by atoms with van der Waals surface area (Å²) in [6.07, 6.45) is 0. The molecule has 2 aromatic heterocycles. The van der Waals surface area contributed by atoms with E-state index in [1.165, 1.54) is 11.3 Å². The van der Waals surface area contributed by atoms with Gasteiger partial charge in [0.2, 0.25) is 17.0 Å². The van der Waals surface area contributed by atoms with Crippen LogP contribution in [-0.4, -0.2) is 33.7 Å². The molecule has 0 radical (unpaired) electrons. The molecule has 8 nitrogen and oxygen atoms in total. The summed E-state index contributed by atoms with van der Waals surface area (Å²) in [5, 5.41) is 9.64. The number of H-pyrrole nitrogens is 1. The Bertz CT molecular complexity index is 1240. The molecule has 0 fully saturated rings. The van der Waals surface area contributed by atoms with Gasteiger partial charge in [0.05, 0.1) is 12.2 Å². The fourth-order valence-electron chi connectivity index (χ4n) is 3.08. The van der Waals surface area contributed by atoms with Gasteiger partial charge in [0.25, 0.3) is 0 Å². The standard InChI is InChI=1S/C23H21N5O3S2/c1-2-31-21(30)16-13-17(14-9-5-3-6-10-14)32-20(16)25-19(29)18(15-11-7-4-8-12-15)33-23-26-22(24)27-28-23/h3-13,18H,2H2,1H3,(H,25,29)(H3,24,26,27,28)/t18-/m1/s1. The molecule has 10 heteroatoms. The predicted octanol–water partition coefficient (Wildman–Crippen LogP) is 4.76. The van der Waals surface area contributed by atoms with Gasteiger partial charge in [-0.1, -0.05) is 72.4 Å². The predicted molar refractivity (Wildman–Crippen MR) is 130 cm³/mol. The van der Waals surface area contributed by atoms with Gasteiger partial charge >= 0.3 is 5.97 Å². The largest absolute Gasteiger partial charge is 0.462 e. The van der Waals surface area contributed by atoms with Gasteiger partial charge in [0, 0.05) is 4.88 Å². The summed E-state index contributed by atoms with van der Waals surface area (Å²) in [5.74, 6) is -0.640. The van der Waals surface area contributed by atoms with Crippen molar-refractivity contribution in [3.05, 3.63) is 77.9 Å². The summed E-state index contributed by atoms with van der Waals surface area (Å²) in [6, 6.07) is 20.7. The number of aromatic amines is 1. The zero-order valence-corrected chi connectivity index (χ0v) is 19.3. The molecule has 4 rings (SSSR count). The summed E-state index contributed by atoms with van der Waals surface area (Å²) in [6.45, 7) is 1.97. The molecule has 0 bridgehead atoms. The lowest BCUT2D eigenvalue weighted by atomic mass is 10.1. The zero-order chi connectivity index (χ0) is 23.2. The Morgan fingerprint density at radius 1 is 1.15 bits per heavy atom. The molecule has 0 aliphatic carbocycles. The van der Waals surface area contributed by atoms with E-state index in [1.54, 1.807) is 13.0 Å². The number of nitrogens with one attached hydrogen (secondary N) is 2. The second kappa shape index (κ2) is 10.3. The number of benzene rings is 2. The van der Waals surface area contributed by atoms with Crippen LogP contribution >= 0.6 is 23.1 Å². The average Bonchev–Trinajstić information content (AvgIpc) is 3.44. The van der Waals surface area contributed by atoms with E-state index in [1.807, 2.05) is 60.7 Å². The maximum Gasteiger partial charge on any atom is 0.341 e. The van der Waals surface area contributed by atoms with Crippen molar-refractivity contribution < 1.29 is 14.3 Å². The maximum absolute atomic E-state index is 13.4. The van der Waals surface area contributed by atoms with Crippen LogP contribution < -0.4 is 11.1 Å². The Balaban J connectivity index is 1.66. The maximum atomic E-state index is 13.4. The number of hydrogen-bond donors (Lipinski definition) is 3. The Hall–Kier alpha value is -3.63. The number of aromatic nitrogens is 3. The number of carbonyl (C=O) groups is 2. The third-order valence-corrected chi connectivity index (χ3v) is 6.78. The molecule has 2 heterocycles. The van der Waals surface area contributed by atoms with Crippen molar-refractivity contribution in [2.45, 2.75) is 17.3 Å². The van der Waals surface area contributed by atoms with Crippen LogP contribution in [0.25, 0.3) is 10.4 Å². The van der Waals surface area contributed by atoms with Crippen LogP contribution in [-0.2, 0) is 9.53 Å². The molecule has 168 valence electrons. The van der Waals surface area contributed by atoms with E-state index in [4.69, 9.17) is 10.5 Å². The van der Waals surface area contributed by atoms with Crippen LogP contribution in [0.4, 0.5) is 10.9 Å². The molecule has 0 unspecified atom stereocenters. The number of nitrogen functional groups attached to an aromatic ring is 1. The number of anilines is 2. The van der Waals surface area contributed by atoms with Gasteiger partial charge in [-0.25, -0.2) is 9.89 Å². The summed E-state index contributed by atoms with van der Waals surface area (Å²) in [5.41, 5.74) is 7.66. The Morgan fingerprint density at radius 2 is 1.85 bits per heavy atom. The first-order valence-corrected chi connectivity index (χ1v) is 11.8. The fraction of sp³-hybridized carbons (Fsp3) is 0.130. The van der Waals surface area contributed by atoms with E-state index in [0.717, 1.165) is 27.8 Å². The van der Waals surface area contributed by atoms with E-state index < -0.39 is 11.2 Å². The first-order valence-electron chi connectivity index (χ1n) is 10.1. The average molecular weight is 480 g/mol. The Labute approximate surface area is 198 Å². The Kier molecular flexibility index (Phi) is 7.06. The Morgan fingerprint density at radius 3 is 2.48 bits per heavy atom. The molecule has 0 saturated heterocycles. The van der Waals surface area contributed by atoms with Crippen molar-refractivity contribution in [2.24, 2.45) is 0 Å². The van der Waals surface area contributed by atoms with Crippen molar-refractivity contribution in [1.29, 1.82) is 0 Å². The van der Waals surface area contributed by atoms with Crippen LogP contribution in [0.15, 0.2) is 71.9 Å². The molecule has 1 atom stereocenters. The van der Waals surface area contributed by atoms with E-state index >= 15 is 0 Å². The third-order valence-electron chi connectivity index (χ3n) is 4.57. The molecular weight excluding hydrogens is 458 g/mol. The van der Waals surface area contributed by atoms with Crippen LogP contribution in [0.2, 0.25) is 0 Å². The number of amides is 1. The van der Waals surface area contributed by atoms with Crippen molar-refractivity contribution in [2.75, 3.05) is 17.7 Å². The molecular formula is C23H21N5O3S2. The van der Waals surface area contributed by atoms with Gasteiger partial charge in [0.1, 0.15) is 10.3 Å². The third kappa shape index (κ3) is 5.41. The number of esters is 1. The number of nitrogens with zero attached hydrogens (tertiary/aromatic N) is 2. The number of hydrogen-bond acceptors (Lipinski definition) is 8. The number of thiophene rings is 1. The zero-order valence-electron chi connectivity index (χ0n) is 17.6. The monoisotopic (exact) mass is 479 g/mol. The van der Waals surface area contributed by atoms with Gasteiger partial charge in [-0.3, -0.25) is 4.79 Å². The second-order valence-corrected chi connectivity index (χ2v) is 8.97. The van der Waals surface area contributed by atoms with Crippen LogP contribution in [0, 0.1) is 0 Å². The number of thioether (sulfide) groups is 1. The van der Waals surface area contributed by atoms with E-state index in [9.17, 15) is 9.59 Å². The number of rotatable bonds is 8. The van der Waals surface area contributed by atoms with Gasteiger partial charge in [-0.2, -0.15) is 4.98 Å². The van der Waals surface area contributed by atoms with Crippen molar-refractivity contribution >= 4 is 45.9 Å². The normalized spacial score (nSPS) is 11.7. The minimum absolute atomic E-state index is 0.167. The van der Waals surface area contributed by atoms with Crippen molar-refractivity contribution in [3.63, 3.8) is 0 Å². The van der Waals surface area contributed by atoms with Gasteiger partial charge in [0.15, 0.2) is 0 Å². The first-order chi connectivity index (χ1) is 16.0. The summed E-state index contributed by atoms with van der Waals surface area (Å²) in [4.78, 5) is 31.0. The summed E-state index contributed by atoms with van der Waals surface area (Å²) >= 11 is 2.48. The lowest BCUT2D eigenvalue weighted by Gasteiger charge is -2.15. The summed E-state index contributed by atoms with van der Waals surface area (Å²) < 4.78 is 5.22. The molecule has 4 aromatic rings. The molecule has 1 amide bonds. The van der Waals surface area contributed by atoms with Crippen LogP contribution in [0.3, 0.4) is 0 Å². The van der Waals surface area contributed by atoms with E-state index in [0.29, 0.717) is 15.7 Å². The molecule has 0 spiro atoms. The lowest BCUT2D eigenvalue weighted by Crippen LogP contribution is -2.20. The number of carbonyl (C=O) groups excluding carboxylic acids is 2. The topological polar surface area (TPSA) is 123 Å². The highest BCUT2D eigenvalue weighted by molar-refractivity contribution is 8.00. The first kappa shape index (κ1) is 22.6. The van der Waals surface area contributed by atoms with Gasteiger partial charge in [-0.05, 0) is 24.1 Å². The molecule has 4 N–H and O–H groups in total. The highest BCUT2D eigenvalue weighted by atomic mass is 32.2. The number of ether oxygens (including phenoxy) is 1. The lowest BCUT2D eigenvalue weighted by molar-refractivity contribution is -0.115. The number of nitrogens with two attached hydrogens (primary N) is 1. The van der Waals surface area contributed by atoms with Crippen LogP contribution in [0.5, 0.6) is 0 Å². The van der Waals surface area contributed by atoms with E-state index in [2.05, 4.69) is 20.5 Å². The molecule has 33 heavy (non-hydrogen) atoms. The highest BCUT2D eigenvalue weighted by Gasteiger charge is 2.27. The van der Waals surface area contributed by atoms with Gasteiger partial charge < -0.3 is 15.8 Å². The molecule has 0 aliphatic rings. The highest BCUT2D eigenvalue weighted by Crippen LogP contribution is 2.39. The minimum atomic E-state index is -0.668. The van der Waals surface area contributed by atoms with Gasteiger partial charge in [-0.15, -0.1) is 16.4 Å². The van der Waals surface area contributed by atoms with Crippen molar-refractivity contribution in [1.82, 2.24) is 15.2 Å². The van der Waals surface area contributed by atoms with Crippen molar-refractivity contribution in [3.8, 4) is 10.4 Å². The SMILES string of the molecule is CCOC(=O)c1cc(-c2ccccc2)sc1NC(=O)[C@H](Sc1n[nH]c(N)n1)c1ccccc1. The smallest absolute Gasteiger partial charge is 0.341 e. The minimum Gasteiger partial charge on any atom is -0.462 e. The quantitative estimate of drug-likeness (QED) is 0.246. The molecule has 0 saturated carbocycles.